The summed E-state index contributed by atoms with van der Waals surface area (Å²) in [6.07, 6.45) is 0. The van der Waals surface area contributed by atoms with Crippen molar-refractivity contribution in [3.8, 4) is 17.8 Å². The quantitative estimate of drug-likeness (QED) is 0.0443. The van der Waals surface area contributed by atoms with Crippen molar-refractivity contribution < 1.29 is 79.2 Å². The minimum Gasteiger partial charge on any atom is -0.493 e. The van der Waals surface area contributed by atoms with Crippen LogP contribution in [-0.2, 0) is 6.54 Å². The number of nitrogens with zero attached hydrogens (tertiary/aromatic N) is 8. The van der Waals surface area contributed by atoms with Crippen LogP contribution >= 0.6 is 0 Å². The smallest absolute Gasteiger partial charge is 0.338 e. The highest BCUT2D eigenvalue weighted by Gasteiger charge is 2.29. The normalized spacial score (nSPS) is 10.8. The molecule has 0 saturated carbocycles. The van der Waals surface area contributed by atoms with E-state index in [2.05, 4.69) is 37.2 Å². The van der Waals surface area contributed by atoms with Gasteiger partial charge in [-0.2, -0.15) is 5.26 Å². The minimum absolute atomic E-state index is 0.204. The number of carbonyl (C=O) groups excluding carboxylic acids is 2. The van der Waals surface area contributed by atoms with Crippen LogP contribution in [0.4, 0.5) is 28.4 Å². The number of carbonyl (C=O) groups is 8. The molecule has 5 aromatic rings. The van der Waals surface area contributed by atoms with Gasteiger partial charge in [0.15, 0.2) is 5.69 Å². The van der Waals surface area contributed by atoms with E-state index in [9.17, 15) is 94.1 Å². The Bertz CT molecular complexity index is 3580. The molecule has 28 nitrogen and oxygen atoms in total. The topological polar surface area (TPSA) is 444 Å². The fraction of sp³-hybridized carbons (Fsp3) is 0.0909. The Morgan fingerprint density at radius 3 is 1.56 bits per heavy atom. The van der Waals surface area contributed by atoms with Gasteiger partial charge in [-0.05, 0) is 55.8 Å². The summed E-state index contributed by atoms with van der Waals surface area (Å²) in [6.45, 7) is 11.9. The zero-order chi connectivity index (χ0) is 53.6. The zero-order valence-electron chi connectivity index (χ0n) is 36.5. The summed E-state index contributed by atoms with van der Waals surface area (Å²) in [4.78, 5) is 129. The molecule has 0 aliphatic rings. The molecule has 364 valence electrons. The molecule has 0 spiro atoms. The van der Waals surface area contributed by atoms with Crippen molar-refractivity contribution in [1.29, 1.82) is 5.26 Å². The zero-order valence-corrected chi connectivity index (χ0v) is 36.5. The second-order valence-electron chi connectivity index (χ2n) is 14.4. The largest absolute Gasteiger partial charge is 0.493 e. The Morgan fingerprint density at radius 2 is 1.11 bits per heavy atom. The van der Waals surface area contributed by atoms with Gasteiger partial charge < -0.3 is 51.5 Å². The van der Waals surface area contributed by atoms with E-state index in [1.54, 1.807) is 6.07 Å². The Hall–Kier alpha value is -11.2. The van der Waals surface area contributed by atoms with Crippen LogP contribution in [0.3, 0.4) is 0 Å². The van der Waals surface area contributed by atoms with Gasteiger partial charge in [0.2, 0.25) is 11.8 Å². The predicted octanol–water partition coefficient (Wildman–Crippen LogP) is 4.77. The highest BCUT2D eigenvalue weighted by Crippen LogP contribution is 2.38. The maximum atomic E-state index is 13.8. The van der Waals surface area contributed by atoms with Crippen LogP contribution in [0.5, 0.6) is 11.8 Å². The molecule has 2 aromatic heterocycles. The third kappa shape index (κ3) is 9.92. The number of rotatable bonds is 17. The second kappa shape index (κ2) is 20.8. The van der Waals surface area contributed by atoms with Gasteiger partial charge in [0.05, 0.1) is 40.0 Å². The van der Waals surface area contributed by atoms with Gasteiger partial charge in [-0.25, -0.2) is 38.2 Å². The maximum absolute atomic E-state index is 13.8. The first kappa shape index (κ1) is 51.8. The fourth-order valence-corrected chi connectivity index (χ4v) is 6.74. The van der Waals surface area contributed by atoms with Crippen LogP contribution in [-0.4, -0.2) is 104 Å². The van der Waals surface area contributed by atoms with Crippen LogP contribution < -0.4 is 21.8 Å². The van der Waals surface area contributed by atoms with E-state index in [1.165, 1.54) is 6.92 Å². The number of hydrogen-bond donors (Lipinski definition) is 10. The van der Waals surface area contributed by atoms with Crippen molar-refractivity contribution in [2.24, 2.45) is 20.5 Å². The number of carboxylic acid groups (broad SMARTS) is 6. The Balaban J connectivity index is 1.50. The van der Waals surface area contributed by atoms with Gasteiger partial charge in [-0.1, -0.05) is 18.7 Å². The molecule has 0 aliphatic carbocycles. The second-order valence-corrected chi connectivity index (χ2v) is 14.4. The first-order valence-corrected chi connectivity index (χ1v) is 19.6. The standard InChI is InChI=1S/C44H30N10O18/c1-16-25(15-45)35(57)53(36(58)31(16)51-49-26-9-5-7-19(39(61)62)28(26)43(69)70)12-11-47-33(55)21-13-22(24(42(67)68)14-23(21)41(65)66)34(56)48-18(3)54-37(59)30(46-4)17(2)32(38(54)60)52-50-27-10-6-8-20(40(63)64)29(27)44(71)72/h5-10,13-14,58,60H,3,11-12H2,1-2H3,(H,47,55)(H,48,56)(H,61,62)(H,63,64)(H,65,66)(H,67,68)(H,69,70)(H,71,72). The van der Waals surface area contributed by atoms with Gasteiger partial charge in [-0.15, -0.1) is 20.5 Å². The van der Waals surface area contributed by atoms with Crippen molar-refractivity contribution in [1.82, 2.24) is 19.8 Å². The lowest BCUT2D eigenvalue weighted by atomic mass is 9.97. The van der Waals surface area contributed by atoms with E-state index < -0.39 is 168 Å². The molecular weight excluding hydrogens is 957 g/mol. The van der Waals surface area contributed by atoms with Crippen molar-refractivity contribution in [3.63, 3.8) is 0 Å². The van der Waals surface area contributed by atoms with Gasteiger partial charge in [0.25, 0.3) is 28.6 Å². The lowest BCUT2D eigenvalue weighted by Gasteiger charge is -2.17. The predicted molar refractivity (Wildman–Crippen MR) is 240 cm³/mol. The summed E-state index contributed by atoms with van der Waals surface area (Å²) in [7, 11) is 0. The minimum atomic E-state index is -1.93. The molecule has 0 bridgehead atoms. The van der Waals surface area contributed by atoms with E-state index in [0.29, 0.717) is 16.7 Å². The molecule has 0 aliphatic heterocycles. The molecule has 0 unspecified atom stereocenters. The Morgan fingerprint density at radius 1 is 0.653 bits per heavy atom. The summed E-state index contributed by atoms with van der Waals surface area (Å²) in [5.74, 6) is -16.5. The number of nitriles is 1. The summed E-state index contributed by atoms with van der Waals surface area (Å²) >= 11 is 0. The molecule has 0 radical (unpaired) electrons. The van der Waals surface area contributed by atoms with Gasteiger partial charge in [0, 0.05) is 18.7 Å². The maximum Gasteiger partial charge on any atom is 0.338 e. The van der Waals surface area contributed by atoms with Gasteiger partial charge in [-0.3, -0.25) is 23.7 Å². The fourth-order valence-electron chi connectivity index (χ4n) is 6.74. The summed E-state index contributed by atoms with van der Waals surface area (Å²) in [5.41, 5.74) is -13.7. The Labute approximate surface area is 399 Å². The van der Waals surface area contributed by atoms with Crippen molar-refractivity contribution in [2.45, 2.75) is 20.4 Å². The average molecular weight is 987 g/mol. The third-order valence-electron chi connectivity index (χ3n) is 10.2. The third-order valence-corrected chi connectivity index (χ3v) is 10.2. The molecule has 28 heteroatoms. The highest BCUT2D eigenvalue weighted by molar-refractivity contribution is 6.13. The van der Waals surface area contributed by atoms with Crippen LogP contribution in [0, 0.1) is 31.8 Å². The number of amides is 2. The number of aromatic nitrogens is 2. The number of aromatic hydroxyl groups is 2. The van der Waals surface area contributed by atoms with Crippen LogP contribution in [0.25, 0.3) is 10.7 Å². The van der Waals surface area contributed by atoms with E-state index in [-0.39, 0.29) is 15.7 Å². The average Bonchev–Trinajstić information content (AvgIpc) is 3.31. The highest BCUT2D eigenvalue weighted by atomic mass is 16.4. The van der Waals surface area contributed by atoms with Crippen molar-refractivity contribution in [2.75, 3.05) is 6.54 Å². The molecule has 10 N–H and O–H groups in total. The van der Waals surface area contributed by atoms with Crippen LogP contribution in [0.15, 0.2) is 85.2 Å². The van der Waals surface area contributed by atoms with E-state index >= 15 is 0 Å². The van der Waals surface area contributed by atoms with E-state index in [0.717, 1.165) is 43.3 Å². The summed E-state index contributed by atoms with van der Waals surface area (Å²) in [5, 5.41) is 109. The number of hydrogen-bond acceptors (Lipinski definition) is 17. The lowest BCUT2D eigenvalue weighted by molar-refractivity contribution is 0.0652. The van der Waals surface area contributed by atoms with Crippen LogP contribution in [0.2, 0.25) is 0 Å². The summed E-state index contributed by atoms with van der Waals surface area (Å²) < 4.78 is 0.718. The molecular formula is C44H30N10O18. The molecule has 2 heterocycles. The summed E-state index contributed by atoms with van der Waals surface area (Å²) in [6, 6.07) is 8.86. The number of carboxylic acids is 6. The first-order valence-electron chi connectivity index (χ1n) is 19.6. The molecule has 5 rings (SSSR count). The molecule has 0 fully saturated rings. The monoisotopic (exact) mass is 986 g/mol. The number of pyridine rings is 2. The number of azo groups is 2. The van der Waals surface area contributed by atoms with Gasteiger partial charge >= 0.3 is 35.8 Å². The van der Waals surface area contributed by atoms with Crippen molar-refractivity contribution >= 4 is 81.9 Å². The van der Waals surface area contributed by atoms with Crippen LogP contribution in [0.1, 0.15) is 99.6 Å². The van der Waals surface area contributed by atoms with Crippen molar-refractivity contribution in [3.05, 3.63) is 148 Å². The van der Waals surface area contributed by atoms with E-state index in [4.69, 9.17) is 6.57 Å². The lowest BCUT2D eigenvalue weighted by Crippen LogP contribution is -2.34. The number of aromatic carboxylic acids is 6. The SMILES string of the molecule is [C-]#[N+]c1c(C)c(N=Nc2cccc(C(=O)O)c2C(=O)O)c(O)n(C(=C)NC(=O)c2cc(C(=O)NCCn3c(O)c(N=Nc4cccc(C(=O)O)c4C(=O)O)c(C)c(C#N)c3=O)c(C(=O)O)cc2C(=O)O)c1=O. The van der Waals surface area contributed by atoms with Gasteiger partial charge in [0.1, 0.15) is 45.6 Å². The molecule has 0 atom stereocenters. The molecule has 3 aromatic carbocycles. The Kier molecular flexibility index (Phi) is 15.0. The number of benzene rings is 3. The molecule has 72 heavy (non-hydrogen) atoms. The molecule has 0 saturated heterocycles. The first-order chi connectivity index (χ1) is 33.9. The number of nitrogens with one attached hydrogen (secondary N) is 2. The molecule has 2 amide bonds. The van der Waals surface area contributed by atoms with E-state index in [1.807, 2.05) is 5.32 Å².